The van der Waals surface area contributed by atoms with Gasteiger partial charge in [-0.1, -0.05) is 31.2 Å². The molecule has 0 bridgehead atoms. The van der Waals surface area contributed by atoms with E-state index in [0.29, 0.717) is 6.54 Å². The lowest BCUT2D eigenvalue weighted by Gasteiger charge is -2.31. The van der Waals surface area contributed by atoms with E-state index < -0.39 is 0 Å². The molecule has 1 fully saturated rings. The van der Waals surface area contributed by atoms with Crippen LogP contribution in [0.15, 0.2) is 47.7 Å². The lowest BCUT2D eigenvalue weighted by molar-refractivity contribution is 0.187. The first-order chi connectivity index (χ1) is 14.3. The Bertz CT molecular complexity index is 732. The molecule has 2 N–H and O–H groups in total. The lowest BCUT2D eigenvalue weighted by Crippen LogP contribution is -2.39. The molecule has 2 aromatic rings. The second-order valence-electron chi connectivity index (χ2n) is 7.76. The van der Waals surface area contributed by atoms with Gasteiger partial charge in [0.05, 0.1) is 13.1 Å². The monoisotopic (exact) mass is 396 g/mol. The summed E-state index contributed by atoms with van der Waals surface area (Å²) in [7, 11) is 0. The molecule has 6 nitrogen and oxygen atoms in total. The van der Waals surface area contributed by atoms with E-state index in [9.17, 15) is 0 Å². The summed E-state index contributed by atoms with van der Waals surface area (Å²) in [6, 6.07) is 10.4. The number of hydrogen-bond donors (Lipinski definition) is 2. The van der Waals surface area contributed by atoms with E-state index in [-0.39, 0.29) is 0 Å². The molecule has 1 aliphatic heterocycles. The largest absolute Gasteiger partial charge is 0.357 e. The van der Waals surface area contributed by atoms with Gasteiger partial charge in [-0.25, -0.2) is 4.99 Å². The van der Waals surface area contributed by atoms with Gasteiger partial charge in [0.15, 0.2) is 5.96 Å². The number of nitrogens with zero attached hydrogens (tertiary/aromatic N) is 4. The van der Waals surface area contributed by atoms with Crippen molar-refractivity contribution in [3.05, 3.63) is 53.9 Å². The number of piperidine rings is 1. The highest BCUT2D eigenvalue weighted by Crippen LogP contribution is 2.19. The van der Waals surface area contributed by atoms with Gasteiger partial charge in [-0.3, -0.25) is 4.68 Å². The Morgan fingerprint density at radius 3 is 2.59 bits per heavy atom. The second-order valence-corrected chi connectivity index (χ2v) is 7.76. The van der Waals surface area contributed by atoms with Gasteiger partial charge < -0.3 is 15.5 Å². The summed E-state index contributed by atoms with van der Waals surface area (Å²) < 4.78 is 1.95. The van der Waals surface area contributed by atoms with E-state index >= 15 is 0 Å². The summed E-state index contributed by atoms with van der Waals surface area (Å²) in [6.45, 7) is 11.4. The highest BCUT2D eigenvalue weighted by atomic mass is 15.3. The number of guanidine groups is 1. The van der Waals surface area contributed by atoms with Crippen LogP contribution in [0.2, 0.25) is 0 Å². The first-order valence-electron chi connectivity index (χ1n) is 11.1. The molecule has 158 valence electrons. The minimum absolute atomic E-state index is 0.668. The van der Waals surface area contributed by atoms with Gasteiger partial charge in [-0.15, -0.1) is 0 Å². The Morgan fingerprint density at radius 2 is 1.90 bits per heavy atom. The molecule has 6 heteroatoms. The van der Waals surface area contributed by atoms with Crippen LogP contribution in [-0.4, -0.2) is 53.4 Å². The standard InChI is InChI=1S/C23H36N6/c1-3-24-23(25-14-10-20-11-16-28(4-2)17-12-20)26-18-21-8-5-6-9-22(21)19-29-15-7-13-27-29/h5-9,13,15,20H,3-4,10-12,14,16-19H2,1-2H3,(H2,24,25,26). The number of nitrogens with one attached hydrogen (secondary N) is 2. The maximum absolute atomic E-state index is 4.84. The molecule has 1 saturated heterocycles. The van der Waals surface area contributed by atoms with Crippen molar-refractivity contribution in [1.82, 2.24) is 25.3 Å². The van der Waals surface area contributed by atoms with E-state index in [0.717, 1.165) is 31.5 Å². The molecule has 3 rings (SSSR count). The molecule has 0 aliphatic carbocycles. The summed E-state index contributed by atoms with van der Waals surface area (Å²) in [5, 5.41) is 11.2. The fraction of sp³-hybridized carbons (Fsp3) is 0.565. The zero-order valence-electron chi connectivity index (χ0n) is 18.0. The molecule has 0 spiro atoms. The maximum Gasteiger partial charge on any atom is 0.191 e. The Kier molecular flexibility index (Phi) is 8.56. The lowest BCUT2D eigenvalue weighted by atomic mass is 9.93. The molecular weight excluding hydrogens is 360 g/mol. The van der Waals surface area contributed by atoms with E-state index in [2.05, 4.69) is 58.7 Å². The predicted molar refractivity (Wildman–Crippen MR) is 120 cm³/mol. The van der Waals surface area contributed by atoms with Gasteiger partial charge in [-0.05, 0) is 68.9 Å². The summed E-state index contributed by atoms with van der Waals surface area (Å²) in [6.07, 6.45) is 7.68. The third kappa shape index (κ3) is 6.89. The molecule has 2 heterocycles. The molecule has 0 radical (unpaired) electrons. The number of likely N-dealkylation sites (tertiary alicyclic amines) is 1. The van der Waals surface area contributed by atoms with Gasteiger partial charge in [0.2, 0.25) is 0 Å². The van der Waals surface area contributed by atoms with Crippen LogP contribution in [0.3, 0.4) is 0 Å². The fourth-order valence-electron chi connectivity index (χ4n) is 3.93. The smallest absolute Gasteiger partial charge is 0.191 e. The quantitative estimate of drug-likeness (QED) is 0.505. The number of benzene rings is 1. The van der Waals surface area contributed by atoms with E-state index in [1.54, 1.807) is 0 Å². The van der Waals surface area contributed by atoms with Crippen LogP contribution in [0.5, 0.6) is 0 Å². The van der Waals surface area contributed by atoms with E-state index in [1.807, 2.05) is 23.1 Å². The minimum atomic E-state index is 0.668. The van der Waals surface area contributed by atoms with Crippen LogP contribution in [0, 0.1) is 5.92 Å². The van der Waals surface area contributed by atoms with Crippen LogP contribution >= 0.6 is 0 Å². The van der Waals surface area contributed by atoms with Crippen LogP contribution in [0.1, 0.15) is 44.2 Å². The Morgan fingerprint density at radius 1 is 1.10 bits per heavy atom. The number of hydrogen-bond acceptors (Lipinski definition) is 3. The van der Waals surface area contributed by atoms with Gasteiger partial charge in [0.25, 0.3) is 0 Å². The average Bonchev–Trinajstić information content (AvgIpc) is 3.26. The van der Waals surface area contributed by atoms with Crippen molar-refractivity contribution < 1.29 is 0 Å². The molecule has 0 amide bonds. The summed E-state index contributed by atoms with van der Waals surface area (Å²) in [5.74, 6) is 1.75. The van der Waals surface area contributed by atoms with E-state index in [1.165, 1.54) is 50.0 Å². The number of aliphatic imine (C=N–C) groups is 1. The molecule has 0 atom stereocenters. The van der Waals surface area contributed by atoms with Gasteiger partial charge in [-0.2, -0.15) is 5.10 Å². The van der Waals surface area contributed by atoms with Crippen molar-refractivity contribution in [3.63, 3.8) is 0 Å². The van der Waals surface area contributed by atoms with Crippen LogP contribution in [0.4, 0.5) is 0 Å². The Labute approximate surface area is 175 Å². The van der Waals surface area contributed by atoms with Crippen molar-refractivity contribution in [2.75, 3.05) is 32.7 Å². The molecule has 0 unspecified atom stereocenters. The predicted octanol–water partition coefficient (Wildman–Crippen LogP) is 3.11. The molecule has 1 aromatic heterocycles. The SMILES string of the molecule is CCNC(=NCc1ccccc1Cn1cccn1)NCCC1CCN(CC)CC1. The summed E-state index contributed by atoms with van der Waals surface area (Å²) >= 11 is 0. The molecule has 1 aromatic carbocycles. The summed E-state index contributed by atoms with van der Waals surface area (Å²) in [5.41, 5.74) is 2.51. The first kappa shape index (κ1) is 21.4. The van der Waals surface area contributed by atoms with Crippen molar-refractivity contribution in [1.29, 1.82) is 0 Å². The van der Waals surface area contributed by atoms with Gasteiger partial charge in [0.1, 0.15) is 0 Å². The highest BCUT2D eigenvalue weighted by Gasteiger charge is 2.17. The topological polar surface area (TPSA) is 57.5 Å². The minimum Gasteiger partial charge on any atom is -0.357 e. The summed E-state index contributed by atoms with van der Waals surface area (Å²) in [4.78, 5) is 7.39. The first-order valence-corrected chi connectivity index (χ1v) is 11.1. The fourth-order valence-corrected chi connectivity index (χ4v) is 3.93. The highest BCUT2D eigenvalue weighted by molar-refractivity contribution is 5.79. The average molecular weight is 397 g/mol. The normalized spacial score (nSPS) is 16.1. The third-order valence-electron chi connectivity index (χ3n) is 5.76. The van der Waals surface area contributed by atoms with Crippen molar-refractivity contribution >= 4 is 5.96 Å². The van der Waals surface area contributed by atoms with E-state index in [4.69, 9.17) is 4.99 Å². The van der Waals surface area contributed by atoms with Gasteiger partial charge in [0, 0.05) is 25.5 Å². The van der Waals surface area contributed by atoms with Crippen molar-refractivity contribution in [3.8, 4) is 0 Å². The van der Waals surface area contributed by atoms with Crippen molar-refractivity contribution in [2.24, 2.45) is 10.9 Å². The third-order valence-corrected chi connectivity index (χ3v) is 5.76. The molecule has 0 saturated carbocycles. The number of rotatable bonds is 9. The van der Waals surface area contributed by atoms with Crippen LogP contribution < -0.4 is 10.6 Å². The molecule has 1 aliphatic rings. The Balaban J connectivity index is 1.51. The zero-order chi connectivity index (χ0) is 20.3. The van der Waals surface area contributed by atoms with Crippen LogP contribution in [0.25, 0.3) is 0 Å². The second kappa shape index (κ2) is 11.6. The number of aromatic nitrogens is 2. The Hall–Kier alpha value is -2.34. The molecule has 29 heavy (non-hydrogen) atoms. The zero-order valence-corrected chi connectivity index (χ0v) is 18.0. The molecular formula is C23H36N6. The van der Waals surface area contributed by atoms with Gasteiger partial charge >= 0.3 is 0 Å². The van der Waals surface area contributed by atoms with Crippen molar-refractivity contribution in [2.45, 2.75) is 46.2 Å². The maximum atomic E-state index is 4.84. The van der Waals surface area contributed by atoms with Crippen LogP contribution in [-0.2, 0) is 13.1 Å².